The Bertz CT molecular complexity index is 419. The predicted octanol–water partition coefficient (Wildman–Crippen LogP) is 0.398. The van der Waals surface area contributed by atoms with Crippen molar-refractivity contribution in [3.8, 4) is 0 Å². The molecule has 0 saturated carbocycles. The molecule has 0 unspecified atom stereocenters. The lowest BCUT2D eigenvalue weighted by atomic mass is 10.3. The van der Waals surface area contributed by atoms with Crippen LogP contribution in [0.4, 0.5) is 0 Å². The van der Waals surface area contributed by atoms with Gasteiger partial charge < -0.3 is 15.5 Å². The van der Waals surface area contributed by atoms with Crippen LogP contribution in [0.1, 0.15) is 5.56 Å². The molecule has 0 radical (unpaired) electrons. The molecule has 1 rings (SSSR count). The fourth-order valence-corrected chi connectivity index (χ4v) is 1.37. The number of hydrogen-bond acceptors (Lipinski definition) is 6. The molecule has 0 saturated heterocycles. The van der Waals surface area contributed by atoms with E-state index in [1.807, 2.05) is 31.1 Å². The number of pyridine rings is 1. The van der Waals surface area contributed by atoms with Crippen molar-refractivity contribution < 1.29 is 4.92 Å². The molecule has 2 N–H and O–H groups in total. The number of aromatic nitrogens is 1. The van der Waals surface area contributed by atoms with E-state index in [0.717, 1.165) is 18.3 Å². The number of hydrogen-bond donors (Lipinski definition) is 2. The highest BCUT2D eigenvalue weighted by molar-refractivity contribution is 5.09. The van der Waals surface area contributed by atoms with Crippen LogP contribution >= 0.6 is 0 Å². The fourth-order valence-electron chi connectivity index (χ4n) is 1.37. The lowest BCUT2D eigenvalue weighted by Crippen LogP contribution is -2.32. The summed E-state index contributed by atoms with van der Waals surface area (Å²) in [6, 6.07) is 3.73. The second-order valence-electron chi connectivity index (χ2n) is 4.27. The van der Waals surface area contributed by atoms with E-state index in [9.17, 15) is 10.1 Å². The van der Waals surface area contributed by atoms with Crippen molar-refractivity contribution in [2.45, 2.75) is 6.54 Å². The largest absolute Gasteiger partial charge is 0.365 e. The molecule has 0 atom stereocenters. The zero-order valence-electron chi connectivity index (χ0n) is 11.2. The molecule has 0 fully saturated rings. The highest BCUT2D eigenvalue weighted by Crippen LogP contribution is 1.96. The molecule has 0 bridgehead atoms. The first kappa shape index (κ1) is 14.9. The van der Waals surface area contributed by atoms with E-state index in [1.54, 1.807) is 12.4 Å². The first-order valence-electron chi connectivity index (χ1n) is 5.94. The van der Waals surface area contributed by atoms with Gasteiger partial charge in [0.1, 0.15) is 0 Å². The third-order valence-corrected chi connectivity index (χ3v) is 2.31. The quantitative estimate of drug-likeness (QED) is 0.523. The third-order valence-electron chi connectivity index (χ3n) is 2.31. The Morgan fingerprint density at radius 2 is 2.32 bits per heavy atom. The Balaban J connectivity index is 2.48. The number of nitrogens with one attached hydrogen (secondary N) is 2. The first-order valence-corrected chi connectivity index (χ1v) is 5.94. The average Bonchev–Trinajstić information content (AvgIpc) is 2.36. The molecular weight excluding hydrogens is 246 g/mol. The number of nitro groups is 1. The van der Waals surface area contributed by atoms with E-state index in [-0.39, 0.29) is 0 Å². The van der Waals surface area contributed by atoms with E-state index in [1.165, 1.54) is 0 Å². The number of rotatable bonds is 8. The average molecular weight is 265 g/mol. The highest BCUT2D eigenvalue weighted by Gasteiger charge is 2.02. The monoisotopic (exact) mass is 265 g/mol. The topological polar surface area (TPSA) is 83.3 Å². The predicted molar refractivity (Wildman–Crippen MR) is 72.7 cm³/mol. The molecule has 0 aromatic carbocycles. The molecular formula is C12H19N5O2. The summed E-state index contributed by atoms with van der Waals surface area (Å²) in [6.07, 6.45) is 4.34. The van der Waals surface area contributed by atoms with Crippen molar-refractivity contribution >= 4 is 0 Å². The molecule has 7 nitrogen and oxygen atoms in total. The van der Waals surface area contributed by atoms with Crippen LogP contribution < -0.4 is 10.6 Å². The van der Waals surface area contributed by atoms with Crippen molar-refractivity contribution in [3.63, 3.8) is 0 Å². The lowest BCUT2D eigenvalue weighted by Gasteiger charge is -2.14. The van der Waals surface area contributed by atoms with E-state index in [0.29, 0.717) is 18.9 Å². The molecule has 19 heavy (non-hydrogen) atoms. The van der Waals surface area contributed by atoms with Crippen LogP contribution in [0, 0.1) is 10.1 Å². The number of likely N-dealkylation sites (N-methyl/N-ethyl adjacent to an activating group) is 1. The molecule has 104 valence electrons. The maximum absolute atomic E-state index is 10.5. The molecule has 1 aromatic rings. The minimum atomic E-state index is -0.478. The van der Waals surface area contributed by atoms with Gasteiger partial charge in [0.15, 0.2) is 5.82 Å². The van der Waals surface area contributed by atoms with Gasteiger partial charge in [0.2, 0.25) is 0 Å². The van der Waals surface area contributed by atoms with Crippen molar-refractivity contribution in [1.29, 1.82) is 0 Å². The minimum absolute atomic E-state index is 0.399. The van der Waals surface area contributed by atoms with Crippen LogP contribution in [-0.2, 0) is 6.54 Å². The summed E-state index contributed by atoms with van der Waals surface area (Å²) < 4.78 is 0. The first-order chi connectivity index (χ1) is 9.08. The van der Waals surface area contributed by atoms with Crippen LogP contribution in [-0.4, -0.2) is 42.0 Å². The lowest BCUT2D eigenvalue weighted by molar-refractivity contribution is -0.404. The van der Waals surface area contributed by atoms with E-state index in [4.69, 9.17) is 0 Å². The Hall–Kier alpha value is -2.15. The van der Waals surface area contributed by atoms with Gasteiger partial charge >= 0.3 is 0 Å². The van der Waals surface area contributed by atoms with Crippen molar-refractivity contribution in [1.82, 2.24) is 20.5 Å². The Kier molecular flexibility index (Phi) is 6.31. The van der Waals surface area contributed by atoms with Crippen molar-refractivity contribution in [3.05, 3.63) is 52.2 Å². The SMILES string of the molecule is CN(C)CCNC(=C[N+](=O)[O-])NCc1cccnc1. The third kappa shape index (κ3) is 6.99. The number of nitrogens with zero attached hydrogens (tertiary/aromatic N) is 3. The van der Waals surface area contributed by atoms with Gasteiger partial charge in [-0.1, -0.05) is 6.07 Å². The molecule has 0 aliphatic rings. The van der Waals surface area contributed by atoms with Crippen LogP contribution in [0.15, 0.2) is 36.5 Å². The van der Waals surface area contributed by atoms with Crippen molar-refractivity contribution in [2.24, 2.45) is 0 Å². The summed E-state index contributed by atoms with van der Waals surface area (Å²) in [4.78, 5) is 16.1. The second-order valence-corrected chi connectivity index (χ2v) is 4.27. The second kappa shape index (κ2) is 8.04. The standard InChI is InChI=1S/C12H19N5O2/c1-16(2)7-6-14-12(10-17(18)19)15-9-11-4-3-5-13-8-11/h3-5,8,10,14-15H,6-7,9H2,1-2H3. The summed E-state index contributed by atoms with van der Waals surface area (Å²) in [5.41, 5.74) is 0.964. The van der Waals surface area contributed by atoms with Crippen LogP contribution in [0.5, 0.6) is 0 Å². The summed E-state index contributed by atoms with van der Waals surface area (Å²) >= 11 is 0. The van der Waals surface area contributed by atoms with Gasteiger partial charge in [-0.2, -0.15) is 0 Å². The summed E-state index contributed by atoms with van der Waals surface area (Å²) in [6.45, 7) is 1.92. The summed E-state index contributed by atoms with van der Waals surface area (Å²) in [5, 5.41) is 16.5. The molecule has 7 heteroatoms. The summed E-state index contributed by atoms with van der Waals surface area (Å²) in [7, 11) is 3.89. The Morgan fingerprint density at radius 3 is 2.89 bits per heavy atom. The normalized spacial score (nSPS) is 11.4. The molecule has 1 heterocycles. The maximum atomic E-state index is 10.5. The van der Waals surface area contributed by atoms with E-state index >= 15 is 0 Å². The van der Waals surface area contributed by atoms with Gasteiger partial charge in [-0.25, -0.2) is 0 Å². The van der Waals surface area contributed by atoms with Crippen LogP contribution in [0.3, 0.4) is 0 Å². The Labute approximate surface area is 112 Å². The van der Waals surface area contributed by atoms with Crippen molar-refractivity contribution in [2.75, 3.05) is 27.2 Å². The molecule has 1 aromatic heterocycles. The zero-order valence-corrected chi connectivity index (χ0v) is 11.2. The molecule has 0 aliphatic heterocycles. The van der Waals surface area contributed by atoms with Crippen LogP contribution in [0.25, 0.3) is 0 Å². The molecule has 0 aliphatic carbocycles. The van der Waals surface area contributed by atoms with Gasteiger partial charge in [0.05, 0.1) is 4.92 Å². The van der Waals surface area contributed by atoms with E-state index in [2.05, 4.69) is 15.6 Å². The van der Waals surface area contributed by atoms with Gasteiger partial charge in [0.25, 0.3) is 6.20 Å². The fraction of sp³-hybridized carbons (Fsp3) is 0.417. The summed E-state index contributed by atoms with van der Waals surface area (Å²) in [5.74, 6) is 0.399. The zero-order chi connectivity index (χ0) is 14.1. The van der Waals surface area contributed by atoms with Gasteiger partial charge in [-0.05, 0) is 25.7 Å². The minimum Gasteiger partial charge on any atom is -0.365 e. The van der Waals surface area contributed by atoms with E-state index < -0.39 is 4.92 Å². The molecule has 0 amide bonds. The Morgan fingerprint density at radius 1 is 1.53 bits per heavy atom. The van der Waals surface area contributed by atoms with Gasteiger partial charge in [-0.3, -0.25) is 15.1 Å². The van der Waals surface area contributed by atoms with Gasteiger partial charge in [0, 0.05) is 32.0 Å². The highest BCUT2D eigenvalue weighted by atomic mass is 16.6. The van der Waals surface area contributed by atoms with Gasteiger partial charge in [-0.15, -0.1) is 0 Å². The molecule has 0 spiro atoms. The maximum Gasteiger partial charge on any atom is 0.274 e. The van der Waals surface area contributed by atoms with Crippen LogP contribution in [0.2, 0.25) is 0 Å². The smallest absolute Gasteiger partial charge is 0.274 e.